The number of hydrogen-bond acceptors (Lipinski definition) is 8. The molecule has 5 rings (SSSR count). The fourth-order valence-electron chi connectivity index (χ4n) is 7.10. The summed E-state index contributed by atoms with van der Waals surface area (Å²) < 4.78 is 30.1. The summed E-state index contributed by atoms with van der Waals surface area (Å²) in [5.41, 5.74) is 2.36. The quantitative estimate of drug-likeness (QED) is 0.303. The standard InChI is InChI=1S/C35H48N2O7/c1-7-42-34(39)30-28(35(2,3)4)31(44-21-24-19-23(22-13-12-14-22)20-36-32(24)41-6)29(25-15-8-9-16-26(25)40-5)37(30)33(38)27-17-10-11-18-43-27/h8-9,15-16,19-20,22,27-31H,7,10-14,17-18,21H2,1-6H3/t27-,28+,29-,30-,31-/m0/s1. The maximum atomic E-state index is 14.5. The molecule has 0 unspecified atom stereocenters. The Labute approximate surface area is 261 Å². The highest BCUT2D eigenvalue weighted by Gasteiger charge is 2.60. The maximum Gasteiger partial charge on any atom is 0.329 e. The van der Waals surface area contributed by atoms with Crippen LogP contribution in [0.15, 0.2) is 36.5 Å². The van der Waals surface area contributed by atoms with Gasteiger partial charge in [0.25, 0.3) is 5.91 Å². The first-order valence-corrected chi connectivity index (χ1v) is 16.1. The molecule has 0 bridgehead atoms. The topological polar surface area (TPSA) is 96.4 Å². The van der Waals surface area contributed by atoms with Gasteiger partial charge in [0, 0.05) is 29.8 Å². The summed E-state index contributed by atoms with van der Waals surface area (Å²) in [6.07, 6.45) is 6.62. The van der Waals surface area contributed by atoms with Gasteiger partial charge in [-0.2, -0.15) is 0 Å². The van der Waals surface area contributed by atoms with Crippen LogP contribution in [0.5, 0.6) is 11.6 Å². The van der Waals surface area contributed by atoms with Crippen LogP contribution in [0.1, 0.15) is 94.9 Å². The molecule has 1 aromatic heterocycles. The van der Waals surface area contributed by atoms with Crippen molar-refractivity contribution in [2.24, 2.45) is 11.3 Å². The highest BCUT2D eigenvalue weighted by atomic mass is 16.5. The van der Waals surface area contributed by atoms with Gasteiger partial charge in [-0.3, -0.25) is 4.79 Å². The van der Waals surface area contributed by atoms with Gasteiger partial charge in [0.05, 0.1) is 39.6 Å². The number of hydrogen-bond donors (Lipinski definition) is 0. The molecule has 1 saturated carbocycles. The van der Waals surface area contributed by atoms with Crippen LogP contribution in [0.3, 0.4) is 0 Å². The highest BCUT2D eigenvalue weighted by molar-refractivity contribution is 5.89. The van der Waals surface area contributed by atoms with E-state index in [1.807, 2.05) is 30.5 Å². The molecule has 9 nitrogen and oxygen atoms in total. The third-order valence-electron chi connectivity index (χ3n) is 9.45. The predicted molar refractivity (Wildman–Crippen MR) is 165 cm³/mol. The van der Waals surface area contributed by atoms with Crippen molar-refractivity contribution in [3.63, 3.8) is 0 Å². The summed E-state index contributed by atoms with van der Waals surface area (Å²) in [6.45, 7) is 8.97. The van der Waals surface area contributed by atoms with Crippen LogP contribution in [0.4, 0.5) is 0 Å². The average molecular weight is 609 g/mol. The van der Waals surface area contributed by atoms with E-state index in [9.17, 15) is 9.59 Å². The zero-order chi connectivity index (χ0) is 31.4. The molecular formula is C35H48N2O7. The van der Waals surface area contributed by atoms with Crippen LogP contribution in [0.2, 0.25) is 0 Å². The number of methoxy groups -OCH3 is 2. The number of para-hydroxylation sites is 1. The van der Waals surface area contributed by atoms with Gasteiger partial charge >= 0.3 is 5.97 Å². The first-order chi connectivity index (χ1) is 21.2. The lowest BCUT2D eigenvalue weighted by Crippen LogP contribution is -2.51. The first-order valence-electron chi connectivity index (χ1n) is 16.1. The number of pyridine rings is 1. The van der Waals surface area contributed by atoms with Crippen LogP contribution in [0.25, 0.3) is 0 Å². The Balaban J connectivity index is 1.62. The van der Waals surface area contributed by atoms with Crippen molar-refractivity contribution in [1.82, 2.24) is 9.88 Å². The van der Waals surface area contributed by atoms with Crippen LogP contribution in [0, 0.1) is 11.3 Å². The molecule has 5 atom stereocenters. The summed E-state index contributed by atoms with van der Waals surface area (Å²) >= 11 is 0. The van der Waals surface area contributed by atoms with E-state index in [0.29, 0.717) is 30.6 Å². The summed E-state index contributed by atoms with van der Waals surface area (Å²) in [5.74, 6) is 0.575. The van der Waals surface area contributed by atoms with E-state index in [2.05, 4.69) is 31.8 Å². The normalized spacial score (nSPS) is 25.8. The zero-order valence-corrected chi connectivity index (χ0v) is 27.0. The highest BCUT2D eigenvalue weighted by Crippen LogP contribution is 2.52. The minimum absolute atomic E-state index is 0.204. The number of carbonyl (C=O) groups is 2. The van der Waals surface area contributed by atoms with Crippen molar-refractivity contribution in [3.05, 3.63) is 53.2 Å². The Bertz CT molecular complexity index is 1300. The van der Waals surface area contributed by atoms with Crippen molar-refractivity contribution < 1.29 is 33.3 Å². The third-order valence-corrected chi connectivity index (χ3v) is 9.45. The van der Waals surface area contributed by atoms with Gasteiger partial charge in [0.2, 0.25) is 5.88 Å². The van der Waals surface area contributed by atoms with Gasteiger partial charge < -0.3 is 28.6 Å². The Hall–Kier alpha value is -3.17. The minimum Gasteiger partial charge on any atom is -0.496 e. The summed E-state index contributed by atoms with van der Waals surface area (Å²) in [5, 5.41) is 0. The number of rotatable bonds is 10. The van der Waals surface area contributed by atoms with E-state index in [1.54, 1.807) is 26.0 Å². The minimum atomic E-state index is -0.880. The molecule has 0 spiro atoms. The number of carbonyl (C=O) groups excluding carboxylic acids is 2. The molecule has 2 aromatic rings. The number of benzene rings is 1. The second-order valence-corrected chi connectivity index (χ2v) is 13.2. The fraction of sp³-hybridized carbons (Fsp3) is 0.629. The molecule has 2 saturated heterocycles. The maximum absolute atomic E-state index is 14.5. The second-order valence-electron chi connectivity index (χ2n) is 13.2. The van der Waals surface area contributed by atoms with Crippen LogP contribution >= 0.6 is 0 Å². The number of ether oxygens (including phenoxy) is 5. The molecule has 1 aliphatic carbocycles. The number of likely N-dealkylation sites (tertiary alicyclic amines) is 1. The average Bonchev–Trinajstić information content (AvgIpc) is 3.35. The molecule has 9 heteroatoms. The summed E-state index contributed by atoms with van der Waals surface area (Å²) in [4.78, 5) is 34.8. The molecule has 0 radical (unpaired) electrons. The number of nitrogens with zero attached hydrogens (tertiary/aromatic N) is 2. The van der Waals surface area contributed by atoms with Gasteiger partial charge in [-0.1, -0.05) is 45.4 Å². The molecule has 1 aromatic carbocycles. The number of amides is 1. The van der Waals surface area contributed by atoms with Crippen molar-refractivity contribution in [1.29, 1.82) is 0 Å². The molecule has 3 aliphatic rings. The molecule has 1 amide bonds. The van der Waals surface area contributed by atoms with E-state index in [4.69, 9.17) is 23.7 Å². The molecule has 240 valence electrons. The van der Waals surface area contributed by atoms with Crippen molar-refractivity contribution >= 4 is 11.9 Å². The van der Waals surface area contributed by atoms with E-state index in [1.165, 1.54) is 12.0 Å². The molecule has 2 aliphatic heterocycles. The Morgan fingerprint density at radius 3 is 2.43 bits per heavy atom. The smallest absolute Gasteiger partial charge is 0.329 e. The van der Waals surface area contributed by atoms with Crippen LogP contribution < -0.4 is 9.47 Å². The van der Waals surface area contributed by atoms with E-state index in [-0.39, 0.29) is 19.1 Å². The fourth-order valence-corrected chi connectivity index (χ4v) is 7.10. The number of esters is 1. The first kappa shape index (κ1) is 32.2. The molecule has 44 heavy (non-hydrogen) atoms. The van der Waals surface area contributed by atoms with Gasteiger partial charge in [-0.15, -0.1) is 0 Å². The second kappa shape index (κ2) is 13.9. The van der Waals surface area contributed by atoms with Gasteiger partial charge in [-0.25, -0.2) is 9.78 Å². The Morgan fingerprint density at radius 2 is 1.82 bits per heavy atom. The van der Waals surface area contributed by atoms with Crippen LogP contribution in [-0.4, -0.2) is 67.4 Å². The van der Waals surface area contributed by atoms with Crippen LogP contribution in [-0.2, 0) is 30.4 Å². The SMILES string of the molecule is CCOC(=O)[C@@H]1[C@@H](C(C)(C)C)[C@H](OCc2cc(C3CCC3)cnc2OC)[C@H](c2ccccc2OC)N1C(=O)[C@@H]1CCCCO1. The van der Waals surface area contributed by atoms with E-state index in [0.717, 1.165) is 36.8 Å². The lowest BCUT2D eigenvalue weighted by Gasteiger charge is -2.36. The molecule has 0 N–H and O–H groups in total. The lowest BCUT2D eigenvalue weighted by atomic mass is 9.73. The molecule has 3 fully saturated rings. The van der Waals surface area contributed by atoms with Gasteiger partial charge in [0.1, 0.15) is 17.9 Å². The van der Waals surface area contributed by atoms with Crippen molar-refractivity contribution in [2.75, 3.05) is 27.4 Å². The monoisotopic (exact) mass is 608 g/mol. The predicted octanol–water partition coefficient (Wildman–Crippen LogP) is 6.00. The Morgan fingerprint density at radius 1 is 1.05 bits per heavy atom. The van der Waals surface area contributed by atoms with Gasteiger partial charge in [0.15, 0.2) is 0 Å². The third kappa shape index (κ3) is 6.45. The van der Waals surface area contributed by atoms with Gasteiger partial charge in [-0.05, 0) is 68.1 Å². The largest absolute Gasteiger partial charge is 0.496 e. The Kier molecular flexibility index (Phi) is 10.2. The van der Waals surface area contributed by atoms with Crippen molar-refractivity contribution in [2.45, 2.75) is 103 Å². The molecular weight excluding hydrogens is 560 g/mol. The lowest BCUT2D eigenvalue weighted by molar-refractivity contribution is -0.162. The summed E-state index contributed by atoms with van der Waals surface area (Å²) in [6, 6.07) is 8.28. The van der Waals surface area contributed by atoms with E-state index < -0.39 is 41.6 Å². The molecule has 3 heterocycles. The summed E-state index contributed by atoms with van der Waals surface area (Å²) in [7, 11) is 3.23. The zero-order valence-electron chi connectivity index (χ0n) is 27.0. The number of aromatic nitrogens is 1. The van der Waals surface area contributed by atoms with Crippen molar-refractivity contribution in [3.8, 4) is 11.6 Å². The van der Waals surface area contributed by atoms with E-state index >= 15 is 0 Å².